The van der Waals surface area contributed by atoms with E-state index in [9.17, 15) is 0 Å². The molecule has 2 saturated carbocycles. The maximum atomic E-state index is 5.04. The number of aromatic amines is 2. The Hall–Kier alpha value is -3.74. The zero-order valence-corrected chi connectivity index (χ0v) is 28.4. The summed E-state index contributed by atoms with van der Waals surface area (Å²) in [4.78, 5) is 22.4. The number of H-pyrrole nitrogens is 2. The number of rotatable bonds is 5. The largest absolute Gasteiger partial charge is 0.341 e. The third-order valence-corrected chi connectivity index (χ3v) is 13.7. The quantitative estimate of drug-likeness (QED) is 0.202. The predicted octanol–water partition coefficient (Wildman–Crippen LogP) is 9.55. The minimum absolute atomic E-state index is 0.410. The van der Waals surface area contributed by atoms with E-state index in [0.717, 1.165) is 30.3 Å². The SMILES string of the molecule is CN1CCCC1c1ncc(-c2ccc(-c3ccc(-c4ccc5nc([C@@H]6CCCN6C)[nH]c5c4)c4c3C3CCC4C3)c3c2C2CCC3C2)[nH]1. The molecular formula is C42H46N6. The van der Waals surface area contributed by atoms with Gasteiger partial charge in [-0.1, -0.05) is 30.3 Å². The first kappa shape index (κ1) is 28.1. The first-order valence-corrected chi connectivity index (χ1v) is 18.9. The van der Waals surface area contributed by atoms with E-state index in [1.165, 1.54) is 103 Å². The molecule has 6 heteroatoms. The van der Waals surface area contributed by atoms with Crippen molar-refractivity contribution in [1.29, 1.82) is 0 Å². The Labute approximate surface area is 283 Å². The fourth-order valence-corrected chi connectivity index (χ4v) is 11.5. The lowest BCUT2D eigenvalue weighted by Gasteiger charge is -2.27. The minimum atomic E-state index is 0.410. The molecule has 2 aromatic heterocycles. The van der Waals surface area contributed by atoms with Crippen molar-refractivity contribution < 1.29 is 0 Å². The third-order valence-electron chi connectivity index (χ3n) is 13.7. The van der Waals surface area contributed by atoms with Gasteiger partial charge in [-0.05, 0) is 172 Å². The second-order valence-electron chi connectivity index (χ2n) is 16.2. The lowest BCUT2D eigenvalue weighted by atomic mass is 9.77. The maximum absolute atomic E-state index is 5.04. The first-order valence-electron chi connectivity index (χ1n) is 18.9. The summed E-state index contributed by atoms with van der Waals surface area (Å²) in [6.45, 7) is 2.32. The fraction of sp³-hybridized carbons (Fsp3) is 0.476. The second-order valence-corrected chi connectivity index (χ2v) is 16.2. The highest BCUT2D eigenvalue weighted by atomic mass is 15.2. The maximum Gasteiger partial charge on any atom is 0.124 e. The third kappa shape index (κ3) is 3.99. The summed E-state index contributed by atoms with van der Waals surface area (Å²) < 4.78 is 0. The number of fused-ring (bicyclic) bond motifs is 11. The lowest BCUT2D eigenvalue weighted by molar-refractivity contribution is 0.307. The molecular weight excluding hydrogens is 589 g/mol. The molecule has 6 nitrogen and oxygen atoms in total. The number of aromatic nitrogens is 4. The number of imidazole rings is 2. The molecule has 5 unspecified atom stereocenters. The minimum Gasteiger partial charge on any atom is -0.341 e. The standard InChI is InChI=1S/C42H46N6/c1-47-17-3-5-35(47)41-43-22-34(46-41)31-15-14-30(39-26-9-10-27(20-26)40(31)39)29-13-12-28(37-24-7-8-25(19-24)38(29)37)23-11-16-32-33(21-23)45-42(44-32)36-6-4-18-48(36)2/h11-16,21-22,24-27,35-36H,3-10,17-20H2,1-2H3,(H,43,46)(H,44,45)/t24?,25?,26?,27?,35?,36-/m0/s1. The van der Waals surface area contributed by atoms with Crippen molar-refractivity contribution in [1.82, 2.24) is 29.7 Å². The molecule has 48 heavy (non-hydrogen) atoms. The Morgan fingerprint density at radius 2 is 1.17 bits per heavy atom. The highest BCUT2D eigenvalue weighted by Gasteiger charge is 2.44. The van der Waals surface area contributed by atoms with Crippen molar-refractivity contribution in [2.24, 2.45) is 0 Å². The van der Waals surface area contributed by atoms with Gasteiger partial charge in [0.2, 0.25) is 0 Å². The van der Waals surface area contributed by atoms with E-state index >= 15 is 0 Å². The number of hydrogen-bond donors (Lipinski definition) is 2. The van der Waals surface area contributed by atoms with Crippen molar-refractivity contribution in [2.45, 2.75) is 100.0 Å². The van der Waals surface area contributed by atoms with Gasteiger partial charge in [-0.2, -0.15) is 0 Å². The van der Waals surface area contributed by atoms with Crippen LogP contribution in [-0.4, -0.2) is 56.9 Å². The highest BCUT2D eigenvalue weighted by molar-refractivity contribution is 5.88. The van der Waals surface area contributed by atoms with Crippen molar-refractivity contribution >= 4 is 11.0 Å². The monoisotopic (exact) mass is 634 g/mol. The Bertz CT molecular complexity index is 2100. The van der Waals surface area contributed by atoms with Crippen molar-refractivity contribution in [3.8, 4) is 33.5 Å². The molecule has 0 radical (unpaired) electrons. The normalized spacial score (nSPS) is 29.1. The molecule has 3 aromatic carbocycles. The topological polar surface area (TPSA) is 63.8 Å². The molecule has 0 amide bonds. The van der Waals surface area contributed by atoms with Gasteiger partial charge in [0.05, 0.1) is 35.0 Å². The summed E-state index contributed by atoms with van der Waals surface area (Å²) in [5.41, 5.74) is 17.4. The van der Waals surface area contributed by atoms with E-state index in [4.69, 9.17) is 9.97 Å². The molecule has 4 fully saturated rings. The lowest BCUT2D eigenvalue weighted by Crippen LogP contribution is -2.18. The van der Waals surface area contributed by atoms with Gasteiger partial charge in [-0.15, -0.1) is 0 Å². The molecule has 11 rings (SSSR count). The fourth-order valence-electron chi connectivity index (χ4n) is 11.5. The summed E-state index contributed by atoms with van der Waals surface area (Å²) in [5.74, 6) is 5.01. The molecule has 6 atom stereocenters. The van der Waals surface area contributed by atoms with Crippen LogP contribution < -0.4 is 0 Å². The van der Waals surface area contributed by atoms with Crippen LogP contribution >= 0.6 is 0 Å². The molecule has 2 aliphatic heterocycles. The summed E-state index contributed by atoms with van der Waals surface area (Å²) in [6, 6.07) is 17.7. The van der Waals surface area contributed by atoms with Gasteiger partial charge in [0.25, 0.3) is 0 Å². The average Bonchev–Trinajstić information content (AvgIpc) is 3.96. The zero-order chi connectivity index (χ0) is 31.7. The van der Waals surface area contributed by atoms with Gasteiger partial charge >= 0.3 is 0 Å². The summed E-state index contributed by atoms with van der Waals surface area (Å²) in [6.07, 6.45) is 15.0. The van der Waals surface area contributed by atoms with Crippen LogP contribution in [0.3, 0.4) is 0 Å². The molecule has 244 valence electrons. The summed E-state index contributed by atoms with van der Waals surface area (Å²) in [5, 5.41) is 0. The number of benzene rings is 3. The van der Waals surface area contributed by atoms with Crippen LogP contribution in [-0.2, 0) is 0 Å². The smallest absolute Gasteiger partial charge is 0.124 e. The van der Waals surface area contributed by atoms with Gasteiger partial charge in [-0.3, -0.25) is 9.80 Å². The van der Waals surface area contributed by atoms with Crippen LogP contribution in [0.15, 0.2) is 48.7 Å². The van der Waals surface area contributed by atoms with Crippen LogP contribution in [0.25, 0.3) is 44.5 Å². The van der Waals surface area contributed by atoms with Gasteiger partial charge in [0.1, 0.15) is 11.6 Å². The van der Waals surface area contributed by atoms with E-state index in [1.54, 1.807) is 22.3 Å². The van der Waals surface area contributed by atoms with Crippen molar-refractivity contribution in [2.75, 3.05) is 27.2 Å². The molecule has 2 saturated heterocycles. The van der Waals surface area contributed by atoms with Crippen LogP contribution in [0, 0.1) is 0 Å². The Balaban J connectivity index is 1.02. The second kappa shape index (κ2) is 10.4. The van der Waals surface area contributed by atoms with E-state index in [1.807, 2.05) is 0 Å². The molecule has 4 bridgehead atoms. The van der Waals surface area contributed by atoms with Gasteiger partial charge in [-0.25, -0.2) is 9.97 Å². The highest BCUT2D eigenvalue weighted by Crippen LogP contribution is 2.62. The summed E-state index contributed by atoms with van der Waals surface area (Å²) in [7, 11) is 4.47. The van der Waals surface area contributed by atoms with E-state index < -0.39 is 0 Å². The number of hydrogen-bond acceptors (Lipinski definition) is 4. The van der Waals surface area contributed by atoms with Gasteiger partial charge < -0.3 is 9.97 Å². The van der Waals surface area contributed by atoms with Crippen molar-refractivity contribution in [3.63, 3.8) is 0 Å². The molecule has 2 N–H and O–H groups in total. The van der Waals surface area contributed by atoms with Crippen molar-refractivity contribution in [3.05, 3.63) is 82.6 Å². The molecule has 5 aromatic rings. The number of nitrogens with one attached hydrogen (secondary N) is 2. The van der Waals surface area contributed by atoms with Crippen LogP contribution in [0.5, 0.6) is 0 Å². The van der Waals surface area contributed by atoms with Crippen LogP contribution in [0.1, 0.15) is 134 Å². The van der Waals surface area contributed by atoms with Crippen LogP contribution in [0.4, 0.5) is 0 Å². The van der Waals surface area contributed by atoms with E-state index in [2.05, 4.69) is 82.5 Å². The Morgan fingerprint density at radius 1 is 0.604 bits per heavy atom. The molecule has 0 spiro atoms. The van der Waals surface area contributed by atoms with Gasteiger partial charge in [0, 0.05) is 5.56 Å². The van der Waals surface area contributed by atoms with Gasteiger partial charge in [0.15, 0.2) is 0 Å². The number of nitrogens with zero attached hydrogens (tertiary/aromatic N) is 4. The average molecular weight is 635 g/mol. The number of likely N-dealkylation sites (tertiary alicyclic amines) is 2. The first-order chi connectivity index (χ1) is 23.6. The zero-order valence-electron chi connectivity index (χ0n) is 28.4. The Kier molecular flexibility index (Phi) is 6.09. The van der Waals surface area contributed by atoms with Crippen LogP contribution in [0.2, 0.25) is 0 Å². The Morgan fingerprint density at radius 3 is 1.79 bits per heavy atom. The molecule has 4 heterocycles. The molecule has 6 aliphatic rings. The molecule has 4 aliphatic carbocycles. The summed E-state index contributed by atoms with van der Waals surface area (Å²) >= 11 is 0. The van der Waals surface area contributed by atoms with E-state index in [-0.39, 0.29) is 0 Å². The van der Waals surface area contributed by atoms with E-state index in [0.29, 0.717) is 35.8 Å². The predicted molar refractivity (Wildman–Crippen MR) is 192 cm³/mol.